The van der Waals surface area contributed by atoms with Gasteiger partial charge in [-0.3, -0.25) is 4.79 Å². The minimum absolute atomic E-state index is 0.0154. The molecule has 0 saturated heterocycles. The molecule has 2 unspecified atom stereocenters. The smallest absolute Gasteiger partial charge is 0.221 e. The second-order valence-corrected chi connectivity index (χ2v) is 6.62. The minimum atomic E-state index is -0.0835. The highest BCUT2D eigenvalue weighted by atomic mass is 16.1. The van der Waals surface area contributed by atoms with Gasteiger partial charge in [0.15, 0.2) is 0 Å². The van der Waals surface area contributed by atoms with Gasteiger partial charge in [-0.2, -0.15) is 0 Å². The van der Waals surface area contributed by atoms with Crippen LogP contribution in [-0.2, 0) is 4.79 Å². The van der Waals surface area contributed by atoms with Crippen LogP contribution in [0.5, 0.6) is 0 Å². The van der Waals surface area contributed by atoms with Crippen molar-refractivity contribution in [1.82, 2.24) is 5.32 Å². The molecule has 0 aromatic heterocycles. The normalized spacial score (nSPS) is 15.8. The third-order valence-electron chi connectivity index (χ3n) is 3.10. The highest BCUT2D eigenvalue weighted by molar-refractivity contribution is 5.76. The van der Waals surface area contributed by atoms with Crippen LogP contribution >= 0.6 is 0 Å². The van der Waals surface area contributed by atoms with Crippen molar-refractivity contribution < 1.29 is 4.79 Å². The summed E-state index contributed by atoms with van der Waals surface area (Å²) in [6.07, 6.45) is 2.59. The van der Waals surface area contributed by atoms with Crippen LogP contribution in [-0.4, -0.2) is 18.0 Å². The second kappa shape index (κ2) is 7.00. The maximum Gasteiger partial charge on any atom is 0.221 e. The Bertz CT molecular complexity index is 231. The van der Waals surface area contributed by atoms with Crippen LogP contribution in [0.1, 0.15) is 60.8 Å². The number of nitrogens with one attached hydrogen (secondary N) is 1. The maximum atomic E-state index is 11.8. The molecule has 0 spiro atoms. The molecule has 2 atom stereocenters. The van der Waals surface area contributed by atoms with E-state index >= 15 is 0 Å². The molecule has 0 fully saturated rings. The number of carbonyl (C=O) groups is 1. The van der Waals surface area contributed by atoms with E-state index in [1.54, 1.807) is 0 Å². The summed E-state index contributed by atoms with van der Waals surface area (Å²) in [5.41, 5.74) is 5.97. The molecule has 0 rings (SSSR count). The Labute approximate surface area is 107 Å². The van der Waals surface area contributed by atoms with Gasteiger partial charge < -0.3 is 11.1 Å². The minimum Gasteiger partial charge on any atom is -0.354 e. The van der Waals surface area contributed by atoms with E-state index in [4.69, 9.17) is 5.73 Å². The maximum absolute atomic E-state index is 11.8. The van der Waals surface area contributed by atoms with Crippen LogP contribution in [0.3, 0.4) is 0 Å². The molecule has 0 aromatic carbocycles. The van der Waals surface area contributed by atoms with Gasteiger partial charge >= 0.3 is 0 Å². The summed E-state index contributed by atoms with van der Waals surface area (Å²) in [4.78, 5) is 11.8. The lowest BCUT2D eigenvalue weighted by Crippen LogP contribution is -2.42. The predicted octanol–water partition coefficient (Wildman–Crippen LogP) is 2.69. The number of nitrogens with two attached hydrogens (primary N) is 1. The summed E-state index contributed by atoms with van der Waals surface area (Å²) in [6, 6.07) is 0.164. The van der Waals surface area contributed by atoms with Crippen LogP contribution in [0.2, 0.25) is 0 Å². The molecule has 0 aliphatic carbocycles. The number of hydrogen-bond acceptors (Lipinski definition) is 2. The van der Waals surface area contributed by atoms with Gasteiger partial charge in [-0.1, -0.05) is 34.6 Å². The van der Waals surface area contributed by atoms with Gasteiger partial charge in [-0.25, -0.2) is 0 Å². The third-order valence-corrected chi connectivity index (χ3v) is 3.10. The highest BCUT2D eigenvalue weighted by Crippen LogP contribution is 2.19. The van der Waals surface area contributed by atoms with Gasteiger partial charge in [-0.15, -0.1) is 0 Å². The zero-order valence-corrected chi connectivity index (χ0v) is 12.3. The number of amides is 1. The zero-order valence-electron chi connectivity index (χ0n) is 12.3. The number of carbonyl (C=O) groups excluding carboxylic acids is 1. The number of hydrogen-bond donors (Lipinski definition) is 2. The third kappa shape index (κ3) is 8.19. The first kappa shape index (κ1) is 16.4. The monoisotopic (exact) mass is 242 g/mol. The molecule has 3 heteroatoms. The van der Waals surface area contributed by atoms with Crippen LogP contribution in [0.15, 0.2) is 0 Å². The Morgan fingerprint density at radius 2 is 1.71 bits per heavy atom. The van der Waals surface area contributed by atoms with Crippen molar-refractivity contribution in [2.75, 3.05) is 0 Å². The zero-order chi connectivity index (χ0) is 13.6. The fourth-order valence-electron chi connectivity index (χ4n) is 1.50. The summed E-state index contributed by atoms with van der Waals surface area (Å²) < 4.78 is 0. The second-order valence-electron chi connectivity index (χ2n) is 6.62. The quantitative estimate of drug-likeness (QED) is 0.752. The topological polar surface area (TPSA) is 55.1 Å². The lowest BCUT2D eigenvalue weighted by molar-refractivity contribution is -0.122. The molecule has 3 nitrogen and oxygen atoms in total. The molecule has 3 N–H and O–H groups in total. The number of rotatable bonds is 6. The van der Waals surface area contributed by atoms with Crippen LogP contribution < -0.4 is 11.1 Å². The molecule has 0 aliphatic rings. The average molecular weight is 242 g/mol. The van der Waals surface area contributed by atoms with Gasteiger partial charge in [0.25, 0.3) is 0 Å². The van der Waals surface area contributed by atoms with Crippen molar-refractivity contribution in [2.24, 2.45) is 17.1 Å². The van der Waals surface area contributed by atoms with Gasteiger partial charge in [0.05, 0.1) is 0 Å². The van der Waals surface area contributed by atoms with Crippen molar-refractivity contribution in [3.05, 3.63) is 0 Å². The van der Waals surface area contributed by atoms with E-state index in [1.165, 1.54) is 0 Å². The molecule has 0 heterocycles. The van der Waals surface area contributed by atoms with E-state index in [0.717, 1.165) is 12.8 Å². The van der Waals surface area contributed by atoms with E-state index in [0.29, 0.717) is 12.3 Å². The fraction of sp³-hybridized carbons (Fsp3) is 0.929. The first-order valence-electron chi connectivity index (χ1n) is 6.68. The summed E-state index contributed by atoms with van der Waals surface area (Å²) in [7, 11) is 0. The van der Waals surface area contributed by atoms with Gasteiger partial charge in [-0.05, 0) is 31.1 Å². The first-order valence-corrected chi connectivity index (χ1v) is 6.68. The van der Waals surface area contributed by atoms with Crippen LogP contribution in [0, 0.1) is 11.3 Å². The SMILES string of the molecule is CC(C)CCC(C)NC(=O)CC(N)C(C)(C)C. The summed E-state index contributed by atoms with van der Waals surface area (Å²) in [5.74, 6) is 0.759. The lowest BCUT2D eigenvalue weighted by Gasteiger charge is -2.27. The molecular formula is C14H30N2O. The average Bonchev–Trinajstić information content (AvgIpc) is 2.12. The molecule has 17 heavy (non-hydrogen) atoms. The van der Waals surface area contributed by atoms with Crippen molar-refractivity contribution in [1.29, 1.82) is 0 Å². The summed E-state index contributed by atoms with van der Waals surface area (Å²) in [5, 5.41) is 3.02. The lowest BCUT2D eigenvalue weighted by atomic mass is 9.85. The van der Waals surface area contributed by atoms with Crippen molar-refractivity contribution >= 4 is 5.91 Å². The molecule has 1 amide bonds. The van der Waals surface area contributed by atoms with Gasteiger partial charge in [0.2, 0.25) is 5.91 Å². The van der Waals surface area contributed by atoms with E-state index in [-0.39, 0.29) is 23.4 Å². The molecule has 0 aliphatic heterocycles. The standard InChI is InChI=1S/C14H30N2O/c1-10(2)7-8-11(3)16-13(17)9-12(15)14(4,5)6/h10-12H,7-9,15H2,1-6H3,(H,16,17). The Morgan fingerprint density at radius 3 is 2.12 bits per heavy atom. The highest BCUT2D eigenvalue weighted by Gasteiger charge is 2.23. The van der Waals surface area contributed by atoms with Gasteiger partial charge in [0.1, 0.15) is 0 Å². The Kier molecular flexibility index (Phi) is 6.76. The molecule has 0 radical (unpaired) electrons. The molecular weight excluding hydrogens is 212 g/mol. The Hall–Kier alpha value is -0.570. The van der Waals surface area contributed by atoms with Crippen LogP contribution in [0.25, 0.3) is 0 Å². The van der Waals surface area contributed by atoms with Crippen molar-refractivity contribution in [2.45, 2.75) is 72.9 Å². The predicted molar refractivity (Wildman–Crippen MR) is 73.7 cm³/mol. The molecule has 0 saturated carbocycles. The molecule has 0 aromatic rings. The Balaban J connectivity index is 3.93. The fourth-order valence-corrected chi connectivity index (χ4v) is 1.50. The van der Waals surface area contributed by atoms with E-state index in [9.17, 15) is 4.79 Å². The Morgan fingerprint density at radius 1 is 1.18 bits per heavy atom. The van der Waals surface area contributed by atoms with E-state index in [1.807, 2.05) is 0 Å². The van der Waals surface area contributed by atoms with Crippen molar-refractivity contribution in [3.63, 3.8) is 0 Å². The molecule has 0 bridgehead atoms. The molecule has 102 valence electrons. The summed E-state index contributed by atoms with van der Waals surface area (Å²) >= 11 is 0. The largest absolute Gasteiger partial charge is 0.354 e. The van der Waals surface area contributed by atoms with E-state index < -0.39 is 0 Å². The van der Waals surface area contributed by atoms with E-state index in [2.05, 4.69) is 46.9 Å². The first-order chi connectivity index (χ1) is 7.62. The van der Waals surface area contributed by atoms with Crippen molar-refractivity contribution in [3.8, 4) is 0 Å². The van der Waals surface area contributed by atoms with Gasteiger partial charge in [0, 0.05) is 18.5 Å². The summed E-state index contributed by atoms with van der Waals surface area (Å²) in [6.45, 7) is 12.6. The van der Waals surface area contributed by atoms with Crippen LogP contribution in [0.4, 0.5) is 0 Å².